The predicted octanol–water partition coefficient (Wildman–Crippen LogP) is 5.96. The van der Waals surface area contributed by atoms with Crippen LogP contribution in [0.2, 0.25) is 5.02 Å². The van der Waals surface area contributed by atoms with Gasteiger partial charge in [-0.15, -0.1) is 11.8 Å². The summed E-state index contributed by atoms with van der Waals surface area (Å²) in [6.45, 7) is 2.15. The molecule has 0 saturated heterocycles. The van der Waals surface area contributed by atoms with Gasteiger partial charge in [-0.25, -0.2) is 0 Å². The Labute approximate surface area is 135 Å². The number of aryl methyl sites for hydroxylation is 1. The summed E-state index contributed by atoms with van der Waals surface area (Å²) in [5.41, 5.74) is 4.88. The van der Waals surface area contributed by atoms with Crippen molar-refractivity contribution in [3.8, 4) is 0 Å². The number of benzene rings is 2. The van der Waals surface area contributed by atoms with Gasteiger partial charge in [0.25, 0.3) is 0 Å². The van der Waals surface area contributed by atoms with Crippen molar-refractivity contribution in [3.63, 3.8) is 0 Å². The highest BCUT2D eigenvalue weighted by atomic mass is 35.5. The van der Waals surface area contributed by atoms with Gasteiger partial charge in [-0.05, 0) is 35.1 Å². The number of allylic oxidation sites excluding steroid dienone is 2. The van der Waals surface area contributed by atoms with Crippen LogP contribution in [0.4, 0.5) is 0 Å². The fraction of sp³-hybridized carbons (Fsp3) is 0.158. The van der Waals surface area contributed by atoms with E-state index >= 15 is 0 Å². The van der Waals surface area contributed by atoms with E-state index in [1.165, 1.54) is 16.7 Å². The monoisotopic (exact) mass is 312 g/mol. The van der Waals surface area contributed by atoms with Gasteiger partial charge < -0.3 is 0 Å². The molecule has 1 aliphatic rings. The highest BCUT2D eigenvalue weighted by molar-refractivity contribution is 8.02. The summed E-state index contributed by atoms with van der Waals surface area (Å²) in [6, 6.07) is 16.6. The second kappa shape index (κ2) is 6.55. The summed E-state index contributed by atoms with van der Waals surface area (Å²) >= 11 is 8.31. The van der Waals surface area contributed by atoms with Crippen molar-refractivity contribution >= 4 is 28.9 Å². The number of hydrogen-bond donors (Lipinski definition) is 0. The van der Waals surface area contributed by atoms with Crippen molar-refractivity contribution in [1.82, 2.24) is 0 Å². The maximum Gasteiger partial charge on any atom is 0.0484 e. The van der Waals surface area contributed by atoms with Crippen LogP contribution in [-0.2, 0) is 0 Å². The molecule has 2 aromatic rings. The van der Waals surface area contributed by atoms with Crippen molar-refractivity contribution in [3.05, 3.63) is 87.8 Å². The third-order valence-corrected chi connectivity index (χ3v) is 4.95. The quantitative estimate of drug-likeness (QED) is 0.674. The molecule has 0 saturated carbocycles. The van der Waals surface area contributed by atoms with Crippen LogP contribution < -0.4 is 0 Å². The molecule has 1 atom stereocenters. The first-order chi connectivity index (χ1) is 10.3. The third kappa shape index (κ3) is 3.25. The molecule has 0 bridgehead atoms. The Morgan fingerprint density at radius 2 is 1.81 bits per heavy atom. The maximum absolute atomic E-state index is 6.44. The lowest BCUT2D eigenvalue weighted by atomic mass is 9.91. The first kappa shape index (κ1) is 14.5. The minimum atomic E-state index is 0.473. The smallest absolute Gasteiger partial charge is 0.0484 e. The summed E-state index contributed by atoms with van der Waals surface area (Å²) in [4.78, 5) is 0. The molecule has 1 aliphatic heterocycles. The van der Waals surface area contributed by atoms with Crippen LogP contribution >= 0.6 is 23.4 Å². The van der Waals surface area contributed by atoms with E-state index in [1.807, 2.05) is 30.0 Å². The van der Waals surface area contributed by atoms with Crippen LogP contribution in [0.5, 0.6) is 0 Å². The van der Waals surface area contributed by atoms with Gasteiger partial charge in [0.1, 0.15) is 0 Å². The molecule has 0 amide bonds. The van der Waals surface area contributed by atoms with Gasteiger partial charge in [0.15, 0.2) is 0 Å². The Morgan fingerprint density at radius 1 is 1.10 bits per heavy atom. The number of thioether (sulfide) groups is 1. The van der Waals surface area contributed by atoms with E-state index in [1.54, 1.807) is 0 Å². The molecule has 0 aliphatic carbocycles. The van der Waals surface area contributed by atoms with Crippen LogP contribution in [-0.4, -0.2) is 5.75 Å². The Kier molecular flexibility index (Phi) is 4.52. The fourth-order valence-electron chi connectivity index (χ4n) is 2.58. The number of halogens is 1. The number of rotatable bonds is 3. The molecule has 0 N–H and O–H groups in total. The van der Waals surface area contributed by atoms with Gasteiger partial charge in [-0.2, -0.15) is 0 Å². The first-order valence-corrected chi connectivity index (χ1v) is 8.49. The lowest BCUT2D eigenvalue weighted by molar-refractivity contribution is 0.977. The fourth-order valence-corrected chi connectivity index (χ4v) is 3.67. The Bertz CT molecular complexity index is 653. The summed E-state index contributed by atoms with van der Waals surface area (Å²) in [6.07, 6.45) is 4.61. The summed E-state index contributed by atoms with van der Waals surface area (Å²) in [5, 5.41) is 2.99. The molecule has 106 valence electrons. The van der Waals surface area contributed by atoms with Gasteiger partial charge in [-0.1, -0.05) is 66.2 Å². The van der Waals surface area contributed by atoms with Crippen LogP contribution in [0.15, 0.2) is 66.1 Å². The second-order valence-electron chi connectivity index (χ2n) is 5.20. The van der Waals surface area contributed by atoms with Crippen molar-refractivity contribution in [2.24, 2.45) is 5.92 Å². The summed E-state index contributed by atoms with van der Waals surface area (Å²) < 4.78 is 0. The first-order valence-electron chi connectivity index (χ1n) is 7.06. The topological polar surface area (TPSA) is 0 Å². The zero-order valence-corrected chi connectivity index (χ0v) is 13.5. The lowest BCUT2D eigenvalue weighted by Crippen LogP contribution is -1.98. The SMILES string of the molecule is Cc1ccccc1C(=CC1C=CSC1)c1ccccc1Cl. The number of hydrogen-bond acceptors (Lipinski definition) is 1. The van der Waals surface area contributed by atoms with E-state index in [9.17, 15) is 0 Å². The highest BCUT2D eigenvalue weighted by Crippen LogP contribution is 2.34. The van der Waals surface area contributed by atoms with E-state index in [0.29, 0.717) is 5.92 Å². The largest absolute Gasteiger partial charge is 0.134 e. The molecule has 2 heteroatoms. The molecule has 0 nitrogen and oxygen atoms in total. The molecule has 21 heavy (non-hydrogen) atoms. The van der Waals surface area contributed by atoms with E-state index < -0.39 is 0 Å². The molecule has 1 unspecified atom stereocenters. The zero-order chi connectivity index (χ0) is 14.7. The second-order valence-corrected chi connectivity index (χ2v) is 6.55. The standard InChI is InChI=1S/C19H17ClS/c1-14-6-2-3-7-16(14)18(12-15-10-11-21-13-15)17-8-4-5-9-19(17)20/h2-12,15H,13H2,1H3. The van der Waals surface area contributed by atoms with Gasteiger partial charge >= 0.3 is 0 Å². The molecule has 0 fully saturated rings. The summed E-state index contributed by atoms with van der Waals surface area (Å²) in [5.74, 6) is 1.58. The molecule has 0 aromatic heterocycles. The van der Waals surface area contributed by atoms with Crippen molar-refractivity contribution in [1.29, 1.82) is 0 Å². The minimum Gasteiger partial charge on any atom is -0.134 e. The minimum absolute atomic E-state index is 0.473. The van der Waals surface area contributed by atoms with Gasteiger partial charge in [0.2, 0.25) is 0 Å². The van der Waals surface area contributed by atoms with Crippen LogP contribution in [0.1, 0.15) is 16.7 Å². The Balaban J connectivity index is 2.14. The molecule has 0 spiro atoms. The van der Waals surface area contributed by atoms with Gasteiger partial charge in [0, 0.05) is 22.3 Å². The van der Waals surface area contributed by atoms with Crippen LogP contribution in [0.25, 0.3) is 5.57 Å². The molecular formula is C19H17ClS. The van der Waals surface area contributed by atoms with E-state index in [0.717, 1.165) is 16.3 Å². The normalized spacial score (nSPS) is 18.2. The van der Waals surface area contributed by atoms with E-state index in [4.69, 9.17) is 11.6 Å². The van der Waals surface area contributed by atoms with E-state index in [2.05, 4.69) is 54.8 Å². The molecule has 0 radical (unpaired) electrons. The van der Waals surface area contributed by atoms with Crippen LogP contribution in [0.3, 0.4) is 0 Å². The zero-order valence-electron chi connectivity index (χ0n) is 11.9. The predicted molar refractivity (Wildman–Crippen MR) is 94.8 cm³/mol. The average molecular weight is 313 g/mol. The van der Waals surface area contributed by atoms with Gasteiger partial charge in [0.05, 0.1) is 0 Å². The summed E-state index contributed by atoms with van der Waals surface area (Å²) in [7, 11) is 0. The van der Waals surface area contributed by atoms with Crippen LogP contribution in [0, 0.1) is 12.8 Å². The van der Waals surface area contributed by atoms with Crippen molar-refractivity contribution in [2.75, 3.05) is 5.75 Å². The van der Waals surface area contributed by atoms with Crippen molar-refractivity contribution in [2.45, 2.75) is 6.92 Å². The van der Waals surface area contributed by atoms with Gasteiger partial charge in [-0.3, -0.25) is 0 Å². The maximum atomic E-state index is 6.44. The average Bonchev–Trinajstić information content (AvgIpc) is 3.00. The molecule has 1 heterocycles. The molecule has 2 aromatic carbocycles. The third-order valence-electron chi connectivity index (χ3n) is 3.69. The van der Waals surface area contributed by atoms with E-state index in [-0.39, 0.29) is 0 Å². The lowest BCUT2D eigenvalue weighted by Gasteiger charge is -2.14. The molecular weight excluding hydrogens is 296 g/mol. The highest BCUT2D eigenvalue weighted by Gasteiger charge is 2.14. The Morgan fingerprint density at radius 3 is 2.48 bits per heavy atom. The Hall–Kier alpha value is -1.44. The molecule has 3 rings (SSSR count). The van der Waals surface area contributed by atoms with Crippen molar-refractivity contribution < 1.29 is 0 Å².